The molecule has 1 aliphatic rings. The summed E-state index contributed by atoms with van der Waals surface area (Å²) < 4.78 is 6.09. The Kier molecular flexibility index (Phi) is 5.45. The van der Waals surface area contributed by atoms with Crippen molar-refractivity contribution in [3.05, 3.63) is 29.8 Å². The maximum absolute atomic E-state index is 8.92. The summed E-state index contributed by atoms with van der Waals surface area (Å²) in [5.41, 5.74) is 1.66. The van der Waals surface area contributed by atoms with Gasteiger partial charge in [0.1, 0.15) is 5.75 Å². The average molecular weight is 275 g/mol. The highest BCUT2D eigenvalue weighted by Crippen LogP contribution is 2.29. The highest BCUT2D eigenvalue weighted by molar-refractivity contribution is 6.00. The summed E-state index contributed by atoms with van der Waals surface area (Å²) in [5, 5.41) is 12.2. The van der Waals surface area contributed by atoms with Gasteiger partial charge < -0.3 is 9.94 Å². The molecule has 1 aromatic rings. The fourth-order valence-electron chi connectivity index (χ4n) is 2.97. The van der Waals surface area contributed by atoms with Crippen LogP contribution >= 0.6 is 0 Å². The summed E-state index contributed by atoms with van der Waals surface area (Å²) in [7, 11) is 0. The van der Waals surface area contributed by atoms with Crippen molar-refractivity contribution in [1.29, 1.82) is 0 Å². The Morgan fingerprint density at radius 3 is 2.60 bits per heavy atom. The largest absolute Gasteiger partial charge is 0.490 e. The number of rotatable bonds is 5. The van der Waals surface area contributed by atoms with Gasteiger partial charge in [0.25, 0.3) is 0 Å². The molecule has 1 fully saturated rings. The smallest absolute Gasteiger partial charge is 0.119 e. The molecule has 2 atom stereocenters. The van der Waals surface area contributed by atoms with E-state index in [2.05, 4.69) is 12.1 Å². The first-order valence-electron chi connectivity index (χ1n) is 7.74. The van der Waals surface area contributed by atoms with Gasteiger partial charge in [-0.05, 0) is 61.4 Å². The lowest BCUT2D eigenvalue weighted by Crippen LogP contribution is -2.25. The molecule has 2 rings (SSSR count). The fourth-order valence-corrected chi connectivity index (χ4v) is 2.97. The van der Waals surface area contributed by atoms with Crippen LogP contribution in [0.15, 0.2) is 29.4 Å². The van der Waals surface area contributed by atoms with E-state index in [0.29, 0.717) is 11.8 Å². The van der Waals surface area contributed by atoms with Gasteiger partial charge in [0, 0.05) is 0 Å². The summed E-state index contributed by atoms with van der Waals surface area (Å²) in [5.74, 6) is 1.74. The summed E-state index contributed by atoms with van der Waals surface area (Å²) in [6, 6.07) is 7.89. The molecule has 2 unspecified atom stereocenters. The van der Waals surface area contributed by atoms with Crippen LogP contribution in [0.1, 0.15) is 57.9 Å². The molecule has 3 nitrogen and oxygen atoms in total. The van der Waals surface area contributed by atoms with Gasteiger partial charge in [0.2, 0.25) is 0 Å². The van der Waals surface area contributed by atoms with Gasteiger partial charge >= 0.3 is 0 Å². The topological polar surface area (TPSA) is 41.8 Å². The van der Waals surface area contributed by atoms with Gasteiger partial charge in [-0.15, -0.1) is 0 Å². The van der Waals surface area contributed by atoms with Crippen molar-refractivity contribution in [3.8, 4) is 5.75 Å². The van der Waals surface area contributed by atoms with Crippen LogP contribution in [0.5, 0.6) is 5.75 Å². The van der Waals surface area contributed by atoms with E-state index in [1.54, 1.807) is 0 Å². The Hall–Kier alpha value is -1.51. The third-order valence-electron chi connectivity index (χ3n) is 4.26. The lowest BCUT2D eigenvalue weighted by Gasteiger charge is -2.29. The van der Waals surface area contributed by atoms with Gasteiger partial charge in [-0.1, -0.05) is 31.8 Å². The quantitative estimate of drug-likeness (QED) is 0.484. The molecule has 1 aliphatic carbocycles. The van der Waals surface area contributed by atoms with Crippen molar-refractivity contribution < 1.29 is 9.94 Å². The number of nitrogens with zero attached hydrogens (tertiary/aromatic N) is 1. The molecule has 3 heteroatoms. The molecule has 0 heterocycles. The third kappa shape index (κ3) is 3.75. The van der Waals surface area contributed by atoms with E-state index in [9.17, 15) is 0 Å². The molecule has 0 spiro atoms. The maximum atomic E-state index is 8.92. The fraction of sp³-hybridized carbons (Fsp3) is 0.588. The predicted molar refractivity (Wildman–Crippen MR) is 81.7 cm³/mol. The predicted octanol–water partition coefficient (Wildman–Crippen LogP) is 4.62. The van der Waals surface area contributed by atoms with E-state index in [1.165, 1.54) is 25.7 Å². The van der Waals surface area contributed by atoms with Crippen molar-refractivity contribution in [3.63, 3.8) is 0 Å². The molecule has 0 aliphatic heterocycles. The molecule has 0 aromatic heterocycles. The summed E-state index contributed by atoms with van der Waals surface area (Å²) in [4.78, 5) is 0. The van der Waals surface area contributed by atoms with Gasteiger partial charge in [-0.25, -0.2) is 0 Å². The normalized spacial score (nSPS) is 23.6. The molecule has 0 saturated heterocycles. The van der Waals surface area contributed by atoms with Crippen LogP contribution in [0.3, 0.4) is 0 Å². The van der Waals surface area contributed by atoms with E-state index in [1.807, 2.05) is 31.2 Å². The SMILES string of the molecule is CCC(=NO)c1ccc(OC2CCCC(CC)C2)cc1. The zero-order chi connectivity index (χ0) is 14.4. The molecule has 0 bridgehead atoms. The van der Waals surface area contributed by atoms with Crippen LogP contribution in [-0.4, -0.2) is 17.0 Å². The van der Waals surface area contributed by atoms with Gasteiger partial charge in [-0.3, -0.25) is 0 Å². The standard InChI is InChI=1S/C17H25NO2/c1-3-13-6-5-7-16(12-13)20-15-10-8-14(9-11-15)17(4-2)18-19/h8-11,13,16,19H,3-7,12H2,1-2H3. The van der Waals surface area contributed by atoms with Crippen LogP contribution in [0.25, 0.3) is 0 Å². The van der Waals surface area contributed by atoms with E-state index in [-0.39, 0.29) is 0 Å². The molecular weight excluding hydrogens is 250 g/mol. The first-order chi connectivity index (χ1) is 9.76. The van der Waals surface area contributed by atoms with Crippen molar-refractivity contribution in [2.75, 3.05) is 0 Å². The Morgan fingerprint density at radius 1 is 1.25 bits per heavy atom. The van der Waals surface area contributed by atoms with E-state index in [4.69, 9.17) is 9.94 Å². The van der Waals surface area contributed by atoms with E-state index < -0.39 is 0 Å². The highest BCUT2D eigenvalue weighted by atomic mass is 16.5. The summed E-state index contributed by atoms with van der Waals surface area (Å²) >= 11 is 0. The molecule has 1 N–H and O–H groups in total. The van der Waals surface area contributed by atoms with Crippen molar-refractivity contribution in [1.82, 2.24) is 0 Å². The lowest BCUT2D eigenvalue weighted by atomic mass is 9.85. The van der Waals surface area contributed by atoms with Crippen molar-refractivity contribution in [2.24, 2.45) is 11.1 Å². The molecule has 0 radical (unpaired) electrons. The Balaban J connectivity index is 1.97. The zero-order valence-corrected chi connectivity index (χ0v) is 12.5. The average Bonchev–Trinajstić information content (AvgIpc) is 2.50. The molecule has 20 heavy (non-hydrogen) atoms. The minimum Gasteiger partial charge on any atom is -0.490 e. The van der Waals surface area contributed by atoms with Crippen molar-refractivity contribution in [2.45, 2.75) is 58.5 Å². The molecule has 110 valence electrons. The minimum atomic E-state index is 0.358. The maximum Gasteiger partial charge on any atom is 0.119 e. The Morgan fingerprint density at radius 2 is 2.00 bits per heavy atom. The number of hydrogen-bond donors (Lipinski definition) is 1. The van der Waals surface area contributed by atoms with Crippen LogP contribution in [-0.2, 0) is 0 Å². The van der Waals surface area contributed by atoms with E-state index in [0.717, 1.165) is 30.1 Å². The highest BCUT2D eigenvalue weighted by Gasteiger charge is 2.22. The molecular formula is C17H25NO2. The second-order valence-electron chi connectivity index (χ2n) is 5.61. The third-order valence-corrected chi connectivity index (χ3v) is 4.26. The summed E-state index contributed by atoms with van der Waals surface area (Å²) in [6.07, 6.45) is 7.30. The second kappa shape index (κ2) is 7.32. The summed E-state index contributed by atoms with van der Waals surface area (Å²) in [6.45, 7) is 4.24. The first-order valence-corrected chi connectivity index (χ1v) is 7.74. The molecule has 1 aromatic carbocycles. The van der Waals surface area contributed by atoms with Gasteiger partial charge in [0.15, 0.2) is 0 Å². The molecule has 1 saturated carbocycles. The molecule has 0 amide bonds. The van der Waals surface area contributed by atoms with Crippen LogP contribution < -0.4 is 4.74 Å². The first kappa shape index (κ1) is 14.9. The number of ether oxygens (including phenoxy) is 1. The van der Waals surface area contributed by atoms with Gasteiger partial charge in [0.05, 0.1) is 11.8 Å². The Bertz CT molecular complexity index is 439. The van der Waals surface area contributed by atoms with Crippen LogP contribution in [0.2, 0.25) is 0 Å². The minimum absolute atomic E-state index is 0.358. The Labute approximate surface area is 121 Å². The van der Waals surface area contributed by atoms with E-state index >= 15 is 0 Å². The zero-order valence-electron chi connectivity index (χ0n) is 12.5. The number of hydrogen-bond acceptors (Lipinski definition) is 3. The van der Waals surface area contributed by atoms with Crippen molar-refractivity contribution >= 4 is 5.71 Å². The number of oxime groups is 1. The monoisotopic (exact) mass is 275 g/mol. The van der Waals surface area contributed by atoms with Crippen LogP contribution in [0.4, 0.5) is 0 Å². The second-order valence-corrected chi connectivity index (χ2v) is 5.61. The lowest BCUT2D eigenvalue weighted by molar-refractivity contribution is 0.122. The number of benzene rings is 1. The van der Waals surface area contributed by atoms with Crippen LogP contribution in [0, 0.1) is 5.92 Å². The van der Waals surface area contributed by atoms with Gasteiger partial charge in [-0.2, -0.15) is 0 Å².